The van der Waals surface area contributed by atoms with Gasteiger partial charge in [-0.2, -0.15) is 4.31 Å². The zero-order valence-electron chi connectivity index (χ0n) is 16.6. The Morgan fingerprint density at radius 3 is 2.25 bits per heavy atom. The highest BCUT2D eigenvalue weighted by molar-refractivity contribution is 7.88. The lowest BCUT2D eigenvalue weighted by atomic mass is 10.0. The molecule has 6 nitrogen and oxygen atoms in total. The second-order valence-electron chi connectivity index (χ2n) is 7.54. The highest BCUT2D eigenvalue weighted by Gasteiger charge is 2.34. The zero-order chi connectivity index (χ0) is 20.2. The maximum absolute atomic E-state index is 12.7. The van der Waals surface area contributed by atoms with Gasteiger partial charge in [-0.05, 0) is 18.4 Å². The molecule has 1 N–H and O–H groups in total. The summed E-state index contributed by atoms with van der Waals surface area (Å²) in [6.45, 7) is 0.647. The lowest BCUT2D eigenvalue weighted by Gasteiger charge is -2.22. The molecule has 1 aromatic carbocycles. The first-order chi connectivity index (χ1) is 13.5. The number of ether oxygens (including phenoxy) is 1. The average Bonchev–Trinajstić information content (AvgIpc) is 3.13. The predicted molar refractivity (Wildman–Crippen MR) is 109 cm³/mol. The monoisotopic (exact) mass is 411 g/mol. The second kappa shape index (κ2) is 12.2. The van der Waals surface area contributed by atoms with Crippen molar-refractivity contribution in [3.8, 4) is 0 Å². The van der Waals surface area contributed by atoms with Crippen LogP contribution in [-0.4, -0.2) is 43.2 Å². The largest absolute Gasteiger partial charge is 0.481 e. The molecule has 1 unspecified atom stereocenters. The van der Waals surface area contributed by atoms with Gasteiger partial charge in [-0.3, -0.25) is 4.79 Å². The van der Waals surface area contributed by atoms with E-state index in [2.05, 4.69) is 0 Å². The maximum atomic E-state index is 12.7. The summed E-state index contributed by atoms with van der Waals surface area (Å²) >= 11 is 0. The summed E-state index contributed by atoms with van der Waals surface area (Å²) in [4.78, 5) is 10.4. The van der Waals surface area contributed by atoms with Crippen LogP contribution in [0.15, 0.2) is 30.3 Å². The van der Waals surface area contributed by atoms with Crippen molar-refractivity contribution in [2.24, 2.45) is 0 Å². The molecule has 1 aliphatic heterocycles. The Labute approximate surface area is 168 Å². The SMILES string of the molecule is O=C(O)CCCCCCCCCCC1COCN1S(=O)(=O)Cc1ccccc1. The predicted octanol–water partition coefficient (Wildman–Crippen LogP) is 4.16. The van der Waals surface area contributed by atoms with Gasteiger partial charge in [0.25, 0.3) is 0 Å². The molecule has 1 saturated heterocycles. The fraction of sp³-hybridized carbons (Fsp3) is 0.667. The number of carboxylic acid groups (broad SMARTS) is 1. The van der Waals surface area contributed by atoms with Crippen molar-refractivity contribution in [3.63, 3.8) is 0 Å². The molecule has 0 aromatic heterocycles. The zero-order valence-corrected chi connectivity index (χ0v) is 17.4. The second-order valence-corrected chi connectivity index (χ2v) is 9.47. The molecular weight excluding hydrogens is 378 g/mol. The van der Waals surface area contributed by atoms with Gasteiger partial charge in [0, 0.05) is 6.42 Å². The fourth-order valence-electron chi connectivity index (χ4n) is 3.59. The van der Waals surface area contributed by atoms with Crippen molar-refractivity contribution in [2.75, 3.05) is 13.3 Å². The summed E-state index contributed by atoms with van der Waals surface area (Å²) in [6, 6.07) is 9.22. The van der Waals surface area contributed by atoms with Crippen LogP contribution >= 0.6 is 0 Å². The lowest BCUT2D eigenvalue weighted by molar-refractivity contribution is -0.137. The van der Waals surface area contributed by atoms with Gasteiger partial charge in [-0.1, -0.05) is 75.3 Å². The van der Waals surface area contributed by atoms with E-state index >= 15 is 0 Å². The van der Waals surface area contributed by atoms with E-state index in [0.717, 1.165) is 63.4 Å². The Balaban J connectivity index is 1.61. The van der Waals surface area contributed by atoms with Gasteiger partial charge in [-0.15, -0.1) is 0 Å². The minimum atomic E-state index is -3.36. The topological polar surface area (TPSA) is 83.9 Å². The molecule has 1 aromatic rings. The first-order valence-electron chi connectivity index (χ1n) is 10.3. The summed E-state index contributed by atoms with van der Waals surface area (Å²) in [5, 5.41) is 8.60. The van der Waals surface area contributed by atoms with Crippen molar-refractivity contribution in [1.29, 1.82) is 0 Å². The normalized spacial score (nSPS) is 17.8. The number of sulfonamides is 1. The van der Waals surface area contributed by atoms with E-state index in [-0.39, 0.29) is 24.9 Å². The van der Waals surface area contributed by atoms with E-state index in [4.69, 9.17) is 9.84 Å². The van der Waals surface area contributed by atoms with Gasteiger partial charge in [0.15, 0.2) is 0 Å². The quantitative estimate of drug-likeness (QED) is 0.465. The molecule has 2 rings (SSSR count). The Morgan fingerprint density at radius 1 is 1.00 bits per heavy atom. The summed E-state index contributed by atoms with van der Waals surface area (Å²) < 4.78 is 32.4. The lowest BCUT2D eigenvalue weighted by Crippen LogP contribution is -2.37. The molecule has 1 heterocycles. The molecule has 0 bridgehead atoms. The molecule has 158 valence electrons. The summed E-state index contributed by atoms with van der Waals surface area (Å²) in [5.41, 5.74) is 0.802. The highest BCUT2D eigenvalue weighted by Crippen LogP contribution is 2.23. The number of hydrogen-bond acceptors (Lipinski definition) is 4. The molecule has 0 saturated carbocycles. The van der Waals surface area contributed by atoms with Crippen LogP contribution in [0.1, 0.15) is 69.8 Å². The maximum Gasteiger partial charge on any atom is 0.303 e. The number of rotatable bonds is 14. The van der Waals surface area contributed by atoms with Crippen LogP contribution in [0, 0.1) is 0 Å². The Morgan fingerprint density at radius 2 is 1.61 bits per heavy atom. The molecule has 0 spiro atoms. The molecular formula is C21H33NO5S. The molecule has 1 fully saturated rings. The van der Waals surface area contributed by atoms with Crippen LogP contribution in [0.2, 0.25) is 0 Å². The van der Waals surface area contributed by atoms with E-state index in [9.17, 15) is 13.2 Å². The minimum Gasteiger partial charge on any atom is -0.481 e. The van der Waals surface area contributed by atoms with Gasteiger partial charge >= 0.3 is 5.97 Å². The van der Waals surface area contributed by atoms with E-state index in [1.807, 2.05) is 30.3 Å². The highest BCUT2D eigenvalue weighted by atomic mass is 32.2. The van der Waals surface area contributed by atoms with Gasteiger partial charge in [-0.25, -0.2) is 8.42 Å². The van der Waals surface area contributed by atoms with Crippen LogP contribution in [0.25, 0.3) is 0 Å². The van der Waals surface area contributed by atoms with E-state index < -0.39 is 16.0 Å². The summed E-state index contributed by atoms with van der Waals surface area (Å²) in [6.07, 6.45) is 9.50. The van der Waals surface area contributed by atoms with Crippen LogP contribution in [-0.2, 0) is 25.3 Å². The fourth-order valence-corrected chi connectivity index (χ4v) is 5.22. The standard InChI is InChI=1S/C21H33NO5S/c23-21(24)15-11-6-4-2-1-3-5-10-14-20-16-27-18-22(20)28(25,26)17-19-12-8-7-9-13-19/h7-9,12-13,20H,1-6,10-11,14-18H2,(H,23,24). The smallest absolute Gasteiger partial charge is 0.303 e. The van der Waals surface area contributed by atoms with E-state index in [0.29, 0.717) is 6.61 Å². The molecule has 1 atom stereocenters. The third kappa shape index (κ3) is 8.29. The van der Waals surface area contributed by atoms with Crippen LogP contribution < -0.4 is 0 Å². The molecule has 0 radical (unpaired) electrons. The minimum absolute atomic E-state index is 0.0234. The average molecular weight is 412 g/mol. The Kier molecular flexibility index (Phi) is 9.95. The number of unbranched alkanes of at least 4 members (excludes halogenated alkanes) is 7. The molecule has 7 heteroatoms. The Hall–Kier alpha value is -1.44. The first kappa shape index (κ1) is 22.8. The number of benzene rings is 1. The van der Waals surface area contributed by atoms with Crippen molar-refractivity contribution in [3.05, 3.63) is 35.9 Å². The number of carboxylic acids is 1. The third-order valence-electron chi connectivity index (χ3n) is 5.16. The van der Waals surface area contributed by atoms with Gasteiger partial charge in [0.05, 0.1) is 18.4 Å². The molecule has 0 amide bonds. The first-order valence-corrected chi connectivity index (χ1v) is 11.9. The molecule has 1 aliphatic rings. The molecule has 28 heavy (non-hydrogen) atoms. The van der Waals surface area contributed by atoms with Crippen LogP contribution in [0.5, 0.6) is 0 Å². The van der Waals surface area contributed by atoms with Crippen molar-refractivity contribution in [1.82, 2.24) is 4.31 Å². The van der Waals surface area contributed by atoms with E-state index in [1.165, 1.54) is 4.31 Å². The van der Waals surface area contributed by atoms with Crippen molar-refractivity contribution in [2.45, 2.75) is 76.0 Å². The van der Waals surface area contributed by atoms with Gasteiger partial charge in [0.1, 0.15) is 6.73 Å². The van der Waals surface area contributed by atoms with Gasteiger partial charge in [0.2, 0.25) is 10.0 Å². The van der Waals surface area contributed by atoms with Crippen molar-refractivity contribution >= 4 is 16.0 Å². The number of aliphatic carboxylic acids is 1. The number of hydrogen-bond donors (Lipinski definition) is 1. The van der Waals surface area contributed by atoms with Crippen LogP contribution in [0.4, 0.5) is 0 Å². The van der Waals surface area contributed by atoms with E-state index in [1.54, 1.807) is 0 Å². The summed E-state index contributed by atoms with van der Waals surface area (Å²) in [7, 11) is -3.36. The van der Waals surface area contributed by atoms with Crippen molar-refractivity contribution < 1.29 is 23.1 Å². The Bertz CT molecular complexity index is 677. The third-order valence-corrected chi connectivity index (χ3v) is 6.98. The van der Waals surface area contributed by atoms with Gasteiger partial charge < -0.3 is 9.84 Å². The number of carbonyl (C=O) groups is 1. The van der Waals surface area contributed by atoms with Crippen LogP contribution in [0.3, 0.4) is 0 Å². The molecule has 0 aliphatic carbocycles. The number of nitrogens with zero attached hydrogens (tertiary/aromatic N) is 1. The summed E-state index contributed by atoms with van der Waals surface area (Å²) in [5.74, 6) is -0.689.